The number of rotatable bonds is 7. The van der Waals surface area contributed by atoms with Gasteiger partial charge in [-0.1, -0.05) is 13.8 Å². The smallest absolute Gasteiger partial charge is 0.248 e. The molecule has 0 fully saturated rings. The van der Waals surface area contributed by atoms with E-state index in [-0.39, 0.29) is 17.7 Å². The number of H-pyrrole nitrogens is 1. The van der Waals surface area contributed by atoms with Crippen LogP contribution in [0, 0.1) is 5.92 Å². The first-order valence-electron chi connectivity index (χ1n) is 7.57. The van der Waals surface area contributed by atoms with Crippen LogP contribution in [0.4, 0.5) is 5.82 Å². The van der Waals surface area contributed by atoms with Crippen molar-refractivity contribution >= 4 is 17.6 Å². The standard InChI is InChI=1S/C15H22N6O2/c1-10(2)9-12(15(23)19-13-5-7-16-20-13)18-14(22)11(3)21-8-4-6-17-21/h4-8,10-12H,9H2,1-3H3,(H,18,22)(H2,16,19,20,23)/t11-,12-/m1/s1. The average molecular weight is 318 g/mol. The SMILES string of the molecule is CC(C)C[C@@H](NC(=O)[C@@H](C)n1cccn1)C(=O)Nc1ccn[nH]1. The maximum atomic E-state index is 12.4. The Kier molecular flexibility index (Phi) is 5.51. The Hall–Kier alpha value is -2.64. The lowest BCUT2D eigenvalue weighted by molar-refractivity contribution is -0.128. The Morgan fingerprint density at radius 2 is 2.04 bits per heavy atom. The molecule has 0 saturated carbocycles. The summed E-state index contributed by atoms with van der Waals surface area (Å²) in [5.74, 6) is 0.231. The molecular formula is C15H22N6O2. The van der Waals surface area contributed by atoms with E-state index in [9.17, 15) is 9.59 Å². The monoisotopic (exact) mass is 318 g/mol. The number of nitrogens with zero attached hydrogens (tertiary/aromatic N) is 3. The topological polar surface area (TPSA) is 105 Å². The zero-order valence-corrected chi connectivity index (χ0v) is 13.5. The fourth-order valence-corrected chi connectivity index (χ4v) is 2.17. The van der Waals surface area contributed by atoms with Crippen molar-refractivity contribution in [3.05, 3.63) is 30.7 Å². The second-order valence-electron chi connectivity index (χ2n) is 5.81. The van der Waals surface area contributed by atoms with Crippen molar-refractivity contribution in [1.29, 1.82) is 0 Å². The van der Waals surface area contributed by atoms with Gasteiger partial charge in [0.15, 0.2) is 0 Å². The van der Waals surface area contributed by atoms with Gasteiger partial charge in [0.05, 0.1) is 6.20 Å². The molecule has 0 aliphatic rings. The molecule has 124 valence electrons. The number of hydrogen-bond donors (Lipinski definition) is 3. The van der Waals surface area contributed by atoms with Crippen LogP contribution >= 0.6 is 0 Å². The van der Waals surface area contributed by atoms with Crippen LogP contribution < -0.4 is 10.6 Å². The third-order valence-electron chi connectivity index (χ3n) is 3.40. The molecule has 0 aliphatic carbocycles. The first-order chi connectivity index (χ1) is 11.0. The van der Waals surface area contributed by atoms with E-state index >= 15 is 0 Å². The van der Waals surface area contributed by atoms with Crippen LogP contribution in [0.15, 0.2) is 30.7 Å². The zero-order chi connectivity index (χ0) is 16.8. The molecule has 0 saturated heterocycles. The van der Waals surface area contributed by atoms with E-state index in [1.165, 1.54) is 0 Å². The van der Waals surface area contributed by atoms with E-state index in [0.717, 1.165) is 0 Å². The number of hydrogen-bond acceptors (Lipinski definition) is 4. The number of carbonyl (C=O) groups is 2. The van der Waals surface area contributed by atoms with Gasteiger partial charge in [-0.2, -0.15) is 10.2 Å². The van der Waals surface area contributed by atoms with Crippen molar-refractivity contribution in [2.45, 2.75) is 39.3 Å². The first kappa shape index (κ1) is 16.7. The molecule has 8 nitrogen and oxygen atoms in total. The van der Waals surface area contributed by atoms with E-state index in [4.69, 9.17) is 0 Å². The fourth-order valence-electron chi connectivity index (χ4n) is 2.17. The summed E-state index contributed by atoms with van der Waals surface area (Å²) in [5, 5.41) is 16.0. The molecule has 0 bridgehead atoms. The van der Waals surface area contributed by atoms with Crippen molar-refractivity contribution in [1.82, 2.24) is 25.3 Å². The lowest BCUT2D eigenvalue weighted by atomic mass is 10.0. The summed E-state index contributed by atoms with van der Waals surface area (Å²) in [6, 6.07) is 2.29. The molecule has 0 spiro atoms. The van der Waals surface area contributed by atoms with Crippen molar-refractivity contribution in [3.8, 4) is 0 Å². The normalized spacial score (nSPS) is 13.6. The summed E-state index contributed by atoms with van der Waals surface area (Å²) < 4.78 is 1.55. The fraction of sp³-hybridized carbons (Fsp3) is 0.467. The van der Waals surface area contributed by atoms with Crippen LogP contribution in [0.1, 0.15) is 33.2 Å². The highest BCUT2D eigenvalue weighted by molar-refractivity contribution is 5.96. The predicted octanol–water partition coefficient (Wildman–Crippen LogP) is 1.34. The predicted molar refractivity (Wildman–Crippen MR) is 85.5 cm³/mol. The Morgan fingerprint density at radius 1 is 1.26 bits per heavy atom. The molecule has 0 radical (unpaired) electrons. The van der Waals surface area contributed by atoms with Crippen molar-refractivity contribution in [3.63, 3.8) is 0 Å². The van der Waals surface area contributed by atoms with E-state index in [0.29, 0.717) is 12.2 Å². The van der Waals surface area contributed by atoms with Gasteiger partial charge in [0.2, 0.25) is 11.8 Å². The highest BCUT2D eigenvalue weighted by atomic mass is 16.2. The van der Waals surface area contributed by atoms with E-state index in [1.807, 2.05) is 13.8 Å². The maximum Gasteiger partial charge on any atom is 0.248 e. The van der Waals surface area contributed by atoms with Crippen LogP contribution in [0.5, 0.6) is 0 Å². The molecule has 2 atom stereocenters. The van der Waals surface area contributed by atoms with Gasteiger partial charge in [-0.25, -0.2) is 0 Å². The van der Waals surface area contributed by atoms with Crippen LogP contribution in [0.3, 0.4) is 0 Å². The van der Waals surface area contributed by atoms with Crippen LogP contribution in [-0.2, 0) is 9.59 Å². The first-order valence-corrected chi connectivity index (χ1v) is 7.57. The molecule has 2 aromatic heterocycles. The van der Waals surface area contributed by atoms with E-state index < -0.39 is 12.1 Å². The summed E-state index contributed by atoms with van der Waals surface area (Å²) in [5.41, 5.74) is 0. The Morgan fingerprint density at radius 3 is 2.61 bits per heavy atom. The quantitative estimate of drug-likeness (QED) is 0.716. The minimum atomic E-state index is -0.621. The molecule has 23 heavy (non-hydrogen) atoms. The van der Waals surface area contributed by atoms with Gasteiger partial charge < -0.3 is 10.6 Å². The van der Waals surface area contributed by atoms with E-state index in [1.54, 1.807) is 42.3 Å². The molecule has 2 aromatic rings. The van der Waals surface area contributed by atoms with Crippen LogP contribution in [0.25, 0.3) is 0 Å². The van der Waals surface area contributed by atoms with Crippen molar-refractivity contribution in [2.24, 2.45) is 5.92 Å². The van der Waals surface area contributed by atoms with Gasteiger partial charge in [0.25, 0.3) is 0 Å². The molecule has 3 N–H and O–H groups in total. The molecule has 2 rings (SSSR count). The Bertz CT molecular complexity index is 620. The minimum Gasteiger partial charge on any atom is -0.342 e. The Balaban J connectivity index is 2.02. The van der Waals surface area contributed by atoms with Gasteiger partial charge >= 0.3 is 0 Å². The number of anilines is 1. The van der Waals surface area contributed by atoms with Gasteiger partial charge in [0.1, 0.15) is 17.9 Å². The molecule has 8 heteroatoms. The third kappa shape index (κ3) is 4.67. The molecule has 0 aliphatic heterocycles. The van der Waals surface area contributed by atoms with Crippen LogP contribution in [-0.4, -0.2) is 37.8 Å². The third-order valence-corrected chi connectivity index (χ3v) is 3.40. The van der Waals surface area contributed by atoms with Gasteiger partial charge in [0, 0.05) is 18.5 Å². The molecule has 0 unspecified atom stereocenters. The maximum absolute atomic E-state index is 12.4. The van der Waals surface area contributed by atoms with Gasteiger partial charge in [-0.15, -0.1) is 0 Å². The number of carbonyl (C=O) groups excluding carboxylic acids is 2. The second kappa shape index (κ2) is 7.57. The number of nitrogens with one attached hydrogen (secondary N) is 3. The lowest BCUT2D eigenvalue weighted by Crippen LogP contribution is -2.46. The number of aromatic amines is 1. The van der Waals surface area contributed by atoms with Gasteiger partial charge in [-0.3, -0.25) is 19.4 Å². The largest absolute Gasteiger partial charge is 0.342 e. The number of amides is 2. The van der Waals surface area contributed by atoms with Crippen LogP contribution in [0.2, 0.25) is 0 Å². The lowest BCUT2D eigenvalue weighted by Gasteiger charge is -2.22. The second-order valence-corrected chi connectivity index (χ2v) is 5.81. The average Bonchev–Trinajstić information content (AvgIpc) is 3.18. The summed E-state index contributed by atoms with van der Waals surface area (Å²) in [6.45, 7) is 5.74. The summed E-state index contributed by atoms with van der Waals surface area (Å²) in [7, 11) is 0. The minimum absolute atomic E-state index is 0.251. The van der Waals surface area contributed by atoms with Crippen molar-refractivity contribution in [2.75, 3.05) is 5.32 Å². The van der Waals surface area contributed by atoms with Crippen molar-refractivity contribution < 1.29 is 9.59 Å². The summed E-state index contributed by atoms with van der Waals surface area (Å²) >= 11 is 0. The molecular weight excluding hydrogens is 296 g/mol. The van der Waals surface area contributed by atoms with E-state index in [2.05, 4.69) is 25.9 Å². The molecule has 2 heterocycles. The summed E-state index contributed by atoms with van der Waals surface area (Å²) in [4.78, 5) is 24.8. The number of aromatic nitrogens is 4. The molecule has 2 amide bonds. The molecule has 0 aromatic carbocycles. The Labute approximate surface area is 134 Å². The highest BCUT2D eigenvalue weighted by Gasteiger charge is 2.25. The summed E-state index contributed by atoms with van der Waals surface area (Å²) in [6.07, 6.45) is 5.41. The zero-order valence-electron chi connectivity index (χ0n) is 13.5. The van der Waals surface area contributed by atoms with Gasteiger partial charge in [-0.05, 0) is 25.3 Å². The highest BCUT2D eigenvalue weighted by Crippen LogP contribution is 2.10.